The van der Waals surface area contributed by atoms with Gasteiger partial charge in [0.05, 0.1) is 5.92 Å². The van der Waals surface area contributed by atoms with E-state index in [1.165, 1.54) is 19.3 Å². The highest BCUT2D eigenvalue weighted by Gasteiger charge is 2.39. The van der Waals surface area contributed by atoms with Crippen LogP contribution in [0.1, 0.15) is 52.4 Å². The molecular formula is C11H20O2. The maximum Gasteiger partial charge on any atom is 0.306 e. The Morgan fingerprint density at radius 1 is 1.38 bits per heavy atom. The fraction of sp³-hybridized carbons (Fsp3) is 0.909. The highest BCUT2D eigenvalue weighted by molar-refractivity contribution is 5.70. The summed E-state index contributed by atoms with van der Waals surface area (Å²) < 4.78 is 0. The lowest BCUT2D eigenvalue weighted by atomic mass is 9.65. The van der Waals surface area contributed by atoms with Crippen LogP contribution in [0.25, 0.3) is 0 Å². The molecule has 2 heteroatoms. The third-order valence-corrected chi connectivity index (χ3v) is 3.84. The molecule has 0 aromatic carbocycles. The van der Waals surface area contributed by atoms with Crippen LogP contribution in [0.5, 0.6) is 0 Å². The molecule has 1 aliphatic carbocycles. The summed E-state index contributed by atoms with van der Waals surface area (Å²) in [6, 6.07) is 0. The van der Waals surface area contributed by atoms with Crippen molar-refractivity contribution in [2.45, 2.75) is 52.4 Å². The summed E-state index contributed by atoms with van der Waals surface area (Å²) in [5, 5.41) is 9.03. The molecule has 1 aliphatic rings. The van der Waals surface area contributed by atoms with E-state index in [-0.39, 0.29) is 11.3 Å². The predicted octanol–water partition coefficient (Wildman–Crippen LogP) is 3.07. The summed E-state index contributed by atoms with van der Waals surface area (Å²) in [4.78, 5) is 11.0. The minimum atomic E-state index is -0.622. The molecule has 76 valence electrons. The van der Waals surface area contributed by atoms with Gasteiger partial charge in [0.15, 0.2) is 0 Å². The maximum atomic E-state index is 11.0. The van der Waals surface area contributed by atoms with Crippen molar-refractivity contribution in [3.8, 4) is 0 Å². The van der Waals surface area contributed by atoms with Crippen molar-refractivity contribution in [3.63, 3.8) is 0 Å². The van der Waals surface area contributed by atoms with Crippen LogP contribution in [0.3, 0.4) is 0 Å². The molecule has 0 aromatic heterocycles. The molecule has 1 rings (SSSR count). The third kappa shape index (κ3) is 2.04. The second kappa shape index (κ2) is 4.12. The molecular weight excluding hydrogens is 164 g/mol. The largest absolute Gasteiger partial charge is 0.481 e. The van der Waals surface area contributed by atoms with Gasteiger partial charge in [-0.1, -0.05) is 33.1 Å². The van der Waals surface area contributed by atoms with Crippen molar-refractivity contribution < 1.29 is 9.90 Å². The minimum absolute atomic E-state index is 0.101. The second-order valence-corrected chi connectivity index (χ2v) is 4.34. The molecule has 0 heterocycles. The number of carboxylic acids is 1. The van der Waals surface area contributed by atoms with Crippen molar-refractivity contribution in [1.29, 1.82) is 0 Å². The summed E-state index contributed by atoms with van der Waals surface area (Å²) in [6.07, 6.45) is 6.94. The number of rotatable bonds is 3. The van der Waals surface area contributed by atoms with Gasteiger partial charge in [-0.2, -0.15) is 0 Å². The van der Waals surface area contributed by atoms with Crippen LogP contribution in [0, 0.1) is 11.3 Å². The van der Waals surface area contributed by atoms with Gasteiger partial charge >= 0.3 is 5.97 Å². The number of hydrogen-bond acceptors (Lipinski definition) is 1. The predicted molar refractivity (Wildman–Crippen MR) is 52.6 cm³/mol. The van der Waals surface area contributed by atoms with E-state index in [2.05, 4.69) is 6.92 Å². The zero-order valence-corrected chi connectivity index (χ0v) is 8.68. The van der Waals surface area contributed by atoms with Gasteiger partial charge in [0.25, 0.3) is 0 Å². The summed E-state index contributed by atoms with van der Waals surface area (Å²) in [5.41, 5.74) is 0.101. The van der Waals surface area contributed by atoms with Crippen molar-refractivity contribution in [1.82, 2.24) is 0 Å². The first-order valence-electron chi connectivity index (χ1n) is 5.35. The van der Waals surface area contributed by atoms with Gasteiger partial charge in [0, 0.05) is 0 Å². The van der Waals surface area contributed by atoms with Crippen molar-refractivity contribution in [3.05, 3.63) is 0 Å². The van der Waals surface area contributed by atoms with Crippen LogP contribution in [0.2, 0.25) is 0 Å². The maximum absolute atomic E-state index is 11.0. The van der Waals surface area contributed by atoms with Crippen LogP contribution in [-0.2, 0) is 4.79 Å². The smallest absolute Gasteiger partial charge is 0.306 e. The van der Waals surface area contributed by atoms with E-state index in [1.807, 2.05) is 6.92 Å². The van der Waals surface area contributed by atoms with Crippen molar-refractivity contribution in [2.24, 2.45) is 11.3 Å². The topological polar surface area (TPSA) is 37.3 Å². The molecule has 1 fully saturated rings. The van der Waals surface area contributed by atoms with Crippen molar-refractivity contribution in [2.75, 3.05) is 0 Å². The molecule has 0 amide bonds. The number of carbonyl (C=O) groups is 1. The van der Waals surface area contributed by atoms with E-state index in [0.717, 1.165) is 19.3 Å². The van der Waals surface area contributed by atoms with Gasteiger partial charge < -0.3 is 5.11 Å². The molecule has 1 unspecified atom stereocenters. The number of carboxylic acid groups (broad SMARTS) is 1. The van der Waals surface area contributed by atoms with Crippen LogP contribution in [-0.4, -0.2) is 11.1 Å². The SMILES string of the molecule is CCC1(C(C)C(=O)O)CCCCC1. The van der Waals surface area contributed by atoms with Crippen LogP contribution >= 0.6 is 0 Å². The normalized spacial score (nSPS) is 23.8. The molecule has 1 N–H and O–H groups in total. The van der Waals surface area contributed by atoms with E-state index in [9.17, 15) is 4.79 Å². The molecule has 13 heavy (non-hydrogen) atoms. The highest BCUT2D eigenvalue weighted by Crippen LogP contribution is 2.45. The summed E-state index contributed by atoms with van der Waals surface area (Å²) in [5.74, 6) is -0.790. The van der Waals surface area contributed by atoms with E-state index >= 15 is 0 Å². The zero-order valence-electron chi connectivity index (χ0n) is 8.68. The Labute approximate surface area is 80.3 Å². The molecule has 0 spiro atoms. The highest BCUT2D eigenvalue weighted by atomic mass is 16.4. The van der Waals surface area contributed by atoms with Gasteiger partial charge in [-0.25, -0.2) is 0 Å². The lowest BCUT2D eigenvalue weighted by molar-refractivity contribution is -0.147. The molecule has 1 saturated carbocycles. The number of hydrogen-bond donors (Lipinski definition) is 1. The molecule has 0 radical (unpaired) electrons. The zero-order chi connectivity index (χ0) is 9.90. The first-order valence-corrected chi connectivity index (χ1v) is 5.35. The van der Waals surface area contributed by atoms with Gasteiger partial charge in [0.1, 0.15) is 0 Å². The first kappa shape index (κ1) is 10.6. The average molecular weight is 184 g/mol. The van der Waals surface area contributed by atoms with E-state index < -0.39 is 5.97 Å². The lowest BCUT2D eigenvalue weighted by Gasteiger charge is -2.39. The van der Waals surface area contributed by atoms with E-state index in [0.29, 0.717) is 0 Å². The molecule has 0 saturated heterocycles. The first-order chi connectivity index (χ1) is 6.12. The summed E-state index contributed by atoms with van der Waals surface area (Å²) in [7, 11) is 0. The van der Waals surface area contributed by atoms with Crippen molar-refractivity contribution >= 4 is 5.97 Å². The number of aliphatic carboxylic acids is 1. The van der Waals surface area contributed by atoms with Gasteiger partial charge in [-0.05, 0) is 24.7 Å². The quantitative estimate of drug-likeness (QED) is 0.732. The second-order valence-electron chi connectivity index (χ2n) is 4.34. The fourth-order valence-electron chi connectivity index (χ4n) is 2.61. The Hall–Kier alpha value is -0.530. The van der Waals surface area contributed by atoms with Crippen LogP contribution < -0.4 is 0 Å². The Kier molecular flexibility index (Phi) is 3.34. The molecule has 2 nitrogen and oxygen atoms in total. The molecule has 0 aromatic rings. The Morgan fingerprint density at radius 2 is 1.92 bits per heavy atom. The fourth-order valence-corrected chi connectivity index (χ4v) is 2.61. The lowest BCUT2D eigenvalue weighted by Crippen LogP contribution is -2.35. The Bertz CT molecular complexity index is 181. The van der Waals surface area contributed by atoms with Gasteiger partial charge in [0.2, 0.25) is 0 Å². The monoisotopic (exact) mass is 184 g/mol. The molecule has 0 bridgehead atoms. The summed E-state index contributed by atoms with van der Waals surface area (Å²) in [6.45, 7) is 4.00. The third-order valence-electron chi connectivity index (χ3n) is 3.84. The average Bonchev–Trinajstić information content (AvgIpc) is 2.17. The van der Waals surface area contributed by atoms with E-state index in [1.54, 1.807) is 0 Å². The standard InChI is InChI=1S/C11H20O2/c1-3-11(9(2)10(12)13)7-5-4-6-8-11/h9H,3-8H2,1-2H3,(H,12,13). The molecule has 0 aliphatic heterocycles. The minimum Gasteiger partial charge on any atom is -0.481 e. The molecule has 1 atom stereocenters. The summed E-state index contributed by atoms with van der Waals surface area (Å²) >= 11 is 0. The van der Waals surface area contributed by atoms with Gasteiger partial charge in [-0.3, -0.25) is 4.79 Å². The van der Waals surface area contributed by atoms with E-state index in [4.69, 9.17) is 5.11 Å². The Morgan fingerprint density at radius 3 is 2.31 bits per heavy atom. The Balaban J connectivity index is 2.72. The van der Waals surface area contributed by atoms with Gasteiger partial charge in [-0.15, -0.1) is 0 Å². The van der Waals surface area contributed by atoms with Crippen LogP contribution in [0.15, 0.2) is 0 Å². The van der Waals surface area contributed by atoms with Crippen LogP contribution in [0.4, 0.5) is 0 Å².